The SMILES string of the molecule is Cn1nnc(Br)c1S(=O)(=O)N(CCC(N)=S)C1CC1. The van der Waals surface area contributed by atoms with Crippen LogP contribution in [0.1, 0.15) is 19.3 Å². The number of thiocarbonyl (C=S) groups is 1. The molecule has 7 nitrogen and oxygen atoms in total. The highest BCUT2D eigenvalue weighted by Gasteiger charge is 2.40. The van der Waals surface area contributed by atoms with E-state index in [-0.39, 0.29) is 15.7 Å². The predicted molar refractivity (Wildman–Crippen MR) is 77.0 cm³/mol. The molecule has 2 N–H and O–H groups in total. The Labute approximate surface area is 125 Å². The van der Waals surface area contributed by atoms with Crippen molar-refractivity contribution in [3.05, 3.63) is 4.60 Å². The van der Waals surface area contributed by atoms with Crippen LogP contribution in [0.4, 0.5) is 0 Å². The van der Waals surface area contributed by atoms with Gasteiger partial charge in [0.05, 0.1) is 4.99 Å². The fourth-order valence-electron chi connectivity index (χ4n) is 1.79. The van der Waals surface area contributed by atoms with Crippen LogP contribution in [0.15, 0.2) is 9.63 Å². The largest absolute Gasteiger partial charge is 0.393 e. The third-order valence-electron chi connectivity index (χ3n) is 2.82. The smallest absolute Gasteiger partial charge is 0.263 e. The Morgan fingerprint density at radius 2 is 2.26 bits per heavy atom. The zero-order valence-electron chi connectivity index (χ0n) is 10.3. The lowest BCUT2D eigenvalue weighted by Crippen LogP contribution is -2.36. The number of nitrogens with two attached hydrogens (primary N) is 1. The van der Waals surface area contributed by atoms with Gasteiger partial charge in [0.15, 0.2) is 4.60 Å². The Hall–Kier alpha value is -0.580. The molecule has 106 valence electrons. The first-order valence-corrected chi connectivity index (χ1v) is 8.33. The van der Waals surface area contributed by atoms with Crippen LogP contribution in [-0.4, -0.2) is 45.3 Å². The molecule has 0 aliphatic heterocycles. The third kappa shape index (κ3) is 3.12. The second-order valence-electron chi connectivity index (χ2n) is 4.37. The molecule has 0 unspecified atom stereocenters. The molecular formula is C9H14BrN5O2S2. The summed E-state index contributed by atoms with van der Waals surface area (Å²) in [5.74, 6) is 0. The van der Waals surface area contributed by atoms with Gasteiger partial charge in [-0.3, -0.25) is 0 Å². The van der Waals surface area contributed by atoms with Gasteiger partial charge in [0.25, 0.3) is 10.0 Å². The molecule has 1 fully saturated rings. The Bertz CT molecular complexity index is 576. The lowest BCUT2D eigenvalue weighted by atomic mass is 10.4. The van der Waals surface area contributed by atoms with E-state index in [4.69, 9.17) is 18.0 Å². The van der Waals surface area contributed by atoms with E-state index in [0.717, 1.165) is 12.8 Å². The van der Waals surface area contributed by atoms with Crippen LogP contribution in [0.5, 0.6) is 0 Å². The Balaban J connectivity index is 2.32. The number of rotatable bonds is 6. The summed E-state index contributed by atoms with van der Waals surface area (Å²) in [6.45, 7) is 0.292. The van der Waals surface area contributed by atoms with Gasteiger partial charge in [-0.15, -0.1) is 5.10 Å². The van der Waals surface area contributed by atoms with Gasteiger partial charge in [0, 0.05) is 26.1 Å². The van der Waals surface area contributed by atoms with Gasteiger partial charge >= 0.3 is 0 Å². The average Bonchev–Trinajstić information content (AvgIpc) is 3.04. The van der Waals surface area contributed by atoms with Crippen molar-refractivity contribution in [2.24, 2.45) is 12.8 Å². The van der Waals surface area contributed by atoms with Crippen molar-refractivity contribution in [2.75, 3.05) is 6.54 Å². The summed E-state index contributed by atoms with van der Waals surface area (Å²) in [5, 5.41) is 7.47. The predicted octanol–water partition coefficient (Wildman–Crippen LogP) is 0.407. The minimum Gasteiger partial charge on any atom is -0.393 e. The van der Waals surface area contributed by atoms with Gasteiger partial charge in [-0.1, -0.05) is 17.4 Å². The Morgan fingerprint density at radius 3 is 2.68 bits per heavy atom. The van der Waals surface area contributed by atoms with E-state index < -0.39 is 10.0 Å². The molecule has 1 aromatic rings. The van der Waals surface area contributed by atoms with E-state index in [0.29, 0.717) is 18.0 Å². The van der Waals surface area contributed by atoms with Gasteiger partial charge in [-0.25, -0.2) is 13.1 Å². The summed E-state index contributed by atoms with van der Waals surface area (Å²) >= 11 is 7.93. The summed E-state index contributed by atoms with van der Waals surface area (Å²) < 4.78 is 28.2. The van der Waals surface area contributed by atoms with E-state index in [1.165, 1.54) is 8.99 Å². The molecule has 1 aromatic heterocycles. The molecule has 0 saturated heterocycles. The molecule has 0 aromatic carbocycles. The Kier molecular flexibility index (Phi) is 4.23. The molecule has 0 radical (unpaired) electrons. The maximum Gasteiger partial charge on any atom is 0.263 e. The number of nitrogens with zero attached hydrogens (tertiary/aromatic N) is 4. The normalized spacial score (nSPS) is 15.9. The molecule has 0 amide bonds. The van der Waals surface area contributed by atoms with Crippen LogP contribution >= 0.6 is 28.1 Å². The monoisotopic (exact) mass is 367 g/mol. The molecule has 0 atom stereocenters. The van der Waals surface area contributed by atoms with Crippen LogP contribution in [-0.2, 0) is 17.1 Å². The first-order valence-electron chi connectivity index (χ1n) is 5.69. The van der Waals surface area contributed by atoms with Crippen LogP contribution in [0, 0.1) is 0 Å². The molecule has 2 rings (SSSR count). The highest BCUT2D eigenvalue weighted by atomic mass is 79.9. The molecule has 10 heteroatoms. The van der Waals surface area contributed by atoms with Gasteiger partial charge in [0.2, 0.25) is 5.03 Å². The molecule has 0 spiro atoms. The van der Waals surface area contributed by atoms with Gasteiger partial charge in [-0.2, -0.15) is 4.31 Å². The minimum atomic E-state index is -3.64. The molecule has 1 aliphatic carbocycles. The quantitative estimate of drug-likeness (QED) is 0.731. The van der Waals surface area contributed by atoms with E-state index in [1.54, 1.807) is 7.05 Å². The molecule has 1 heterocycles. The van der Waals surface area contributed by atoms with Gasteiger partial charge in [-0.05, 0) is 28.8 Å². The Morgan fingerprint density at radius 1 is 1.63 bits per heavy atom. The van der Waals surface area contributed by atoms with Crippen molar-refractivity contribution < 1.29 is 8.42 Å². The maximum absolute atomic E-state index is 12.6. The topological polar surface area (TPSA) is 94.1 Å². The average molecular weight is 368 g/mol. The standard InChI is InChI=1S/C9H14BrN5O2S2/c1-14-9(8(10)12-13-14)19(16,17)15(6-2-3-6)5-4-7(11)18/h6H,2-5H2,1H3,(H2,11,18). The lowest BCUT2D eigenvalue weighted by Gasteiger charge is -2.21. The second-order valence-corrected chi connectivity index (χ2v) is 7.45. The first kappa shape index (κ1) is 14.8. The van der Waals surface area contributed by atoms with E-state index >= 15 is 0 Å². The summed E-state index contributed by atoms with van der Waals surface area (Å²) in [6, 6.07) is 0.0288. The summed E-state index contributed by atoms with van der Waals surface area (Å²) in [7, 11) is -2.10. The zero-order valence-corrected chi connectivity index (χ0v) is 13.5. The van der Waals surface area contributed by atoms with Crippen molar-refractivity contribution >= 4 is 43.2 Å². The lowest BCUT2D eigenvalue weighted by molar-refractivity contribution is 0.406. The third-order valence-corrected chi connectivity index (χ3v) is 5.87. The van der Waals surface area contributed by atoms with Crippen molar-refractivity contribution in [1.82, 2.24) is 19.3 Å². The highest BCUT2D eigenvalue weighted by Crippen LogP contribution is 2.33. The van der Waals surface area contributed by atoms with E-state index in [1.807, 2.05) is 0 Å². The van der Waals surface area contributed by atoms with Crippen LogP contribution in [0.2, 0.25) is 0 Å². The number of aromatic nitrogens is 3. The fraction of sp³-hybridized carbons (Fsp3) is 0.667. The molecule has 1 saturated carbocycles. The number of halogens is 1. The van der Waals surface area contributed by atoms with Crippen molar-refractivity contribution in [2.45, 2.75) is 30.3 Å². The zero-order chi connectivity index (χ0) is 14.2. The summed E-state index contributed by atoms with van der Waals surface area (Å²) in [5.41, 5.74) is 5.45. The second kappa shape index (κ2) is 5.43. The molecule has 0 bridgehead atoms. The van der Waals surface area contributed by atoms with Crippen LogP contribution in [0.25, 0.3) is 0 Å². The van der Waals surface area contributed by atoms with E-state index in [2.05, 4.69) is 26.2 Å². The van der Waals surface area contributed by atoms with Crippen LogP contribution < -0.4 is 5.73 Å². The van der Waals surface area contributed by atoms with Crippen LogP contribution in [0.3, 0.4) is 0 Å². The number of aryl methyl sites for hydroxylation is 1. The minimum absolute atomic E-state index is 0.0288. The summed E-state index contributed by atoms with van der Waals surface area (Å²) in [4.78, 5) is 0.308. The summed E-state index contributed by atoms with van der Waals surface area (Å²) in [6.07, 6.45) is 2.09. The highest BCUT2D eigenvalue weighted by molar-refractivity contribution is 9.10. The van der Waals surface area contributed by atoms with Crippen molar-refractivity contribution in [1.29, 1.82) is 0 Å². The number of hydrogen-bond donors (Lipinski definition) is 1. The molecule has 1 aliphatic rings. The number of hydrogen-bond acceptors (Lipinski definition) is 5. The molecule has 19 heavy (non-hydrogen) atoms. The molecular weight excluding hydrogens is 354 g/mol. The van der Waals surface area contributed by atoms with Gasteiger partial charge < -0.3 is 5.73 Å². The van der Waals surface area contributed by atoms with Gasteiger partial charge in [0.1, 0.15) is 0 Å². The maximum atomic E-state index is 12.6. The van der Waals surface area contributed by atoms with E-state index in [9.17, 15) is 8.42 Å². The first-order chi connectivity index (χ1) is 8.84. The van der Waals surface area contributed by atoms with Crippen molar-refractivity contribution in [3.63, 3.8) is 0 Å². The van der Waals surface area contributed by atoms with Crippen molar-refractivity contribution in [3.8, 4) is 0 Å². The fourth-order valence-corrected chi connectivity index (χ4v) is 4.60. The number of sulfonamides is 1.